The van der Waals surface area contributed by atoms with Gasteiger partial charge in [-0.05, 0) is 32.9 Å². The van der Waals surface area contributed by atoms with Crippen molar-refractivity contribution in [3.8, 4) is 0 Å². The van der Waals surface area contributed by atoms with E-state index in [1.165, 1.54) is 0 Å². The summed E-state index contributed by atoms with van der Waals surface area (Å²) >= 11 is 0. The topological polar surface area (TPSA) is 49.8 Å². The van der Waals surface area contributed by atoms with Crippen molar-refractivity contribution in [2.45, 2.75) is 44.9 Å². The molecule has 1 unspecified atom stereocenters. The van der Waals surface area contributed by atoms with Crippen molar-refractivity contribution in [2.75, 3.05) is 6.54 Å². The van der Waals surface area contributed by atoms with Gasteiger partial charge in [0.05, 0.1) is 0 Å². The van der Waals surface area contributed by atoms with E-state index in [0.29, 0.717) is 6.07 Å². The highest BCUT2D eigenvalue weighted by molar-refractivity contribution is 5.69. The highest BCUT2D eigenvalue weighted by Gasteiger charge is 2.39. The van der Waals surface area contributed by atoms with Gasteiger partial charge in [-0.15, -0.1) is 0 Å². The molecule has 2 atom stereocenters. The molecule has 0 aliphatic carbocycles. The van der Waals surface area contributed by atoms with Gasteiger partial charge in [-0.2, -0.15) is 0 Å². The molecule has 0 saturated carbocycles. The number of benzene rings is 1. The molecule has 1 aliphatic rings. The van der Waals surface area contributed by atoms with Gasteiger partial charge in [0.1, 0.15) is 17.6 Å². The van der Waals surface area contributed by atoms with Crippen LogP contribution >= 0.6 is 0 Å². The minimum absolute atomic E-state index is 0.0868. The van der Waals surface area contributed by atoms with E-state index in [4.69, 9.17) is 4.74 Å². The molecular formula is C15H18F3NO3. The molecule has 0 radical (unpaired) electrons. The molecule has 4 nitrogen and oxygen atoms in total. The second-order valence-electron chi connectivity index (χ2n) is 6.30. The lowest BCUT2D eigenvalue weighted by Crippen LogP contribution is -2.39. The van der Waals surface area contributed by atoms with Crippen LogP contribution in [-0.4, -0.2) is 34.5 Å². The maximum absolute atomic E-state index is 13.8. The average Bonchev–Trinajstić information content (AvgIpc) is 2.74. The minimum atomic E-state index is -1.29. The Labute approximate surface area is 126 Å². The maximum Gasteiger partial charge on any atom is 0.412 e. The molecule has 1 aromatic carbocycles. The molecule has 1 fully saturated rings. The molecule has 0 bridgehead atoms. The van der Waals surface area contributed by atoms with Crippen LogP contribution in [0.2, 0.25) is 0 Å². The molecule has 1 saturated heterocycles. The van der Waals surface area contributed by atoms with E-state index in [1.54, 1.807) is 20.8 Å². The molecule has 1 aromatic rings. The van der Waals surface area contributed by atoms with Crippen LogP contribution in [0.3, 0.4) is 0 Å². The van der Waals surface area contributed by atoms with Crippen LogP contribution in [0.4, 0.5) is 18.0 Å². The number of nitrogens with zero attached hydrogens (tertiary/aromatic N) is 1. The molecule has 7 heteroatoms. The summed E-state index contributed by atoms with van der Waals surface area (Å²) in [5.41, 5.74) is -1.21. The first-order valence-corrected chi connectivity index (χ1v) is 6.91. The van der Waals surface area contributed by atoms with Crippen LogP contribution in [0.15, 0.2) is 12.1 Å². The van der Waals surface area contributed by atoms with Gasteiger partial charge in [0.15, 0.2) is 11.6 Å². The summed E-state index contributed by atoms with van der Waals surface area (Å²) in [6.07, 6.45) is -2.10. The molecule has 1 heterocycles. The highest BCUT2D eigenvalue weighted by Crippen LogP contribution is 2.35. The number of carbonyl (C=O) groups excluding carboxylic acids is 1. The standard InChI is InChI=1S/C15H18F3NO3/c1-15(2,3)22-14(21)19-7-8(6-11(19)20)12-9(16)4-5-10(17)13(12)18/h4-5,8,11,20H,6-7H2,1-3H3/t8-,11?/m0/s1. The van der Waals surface area contributed by atoms with Crippen molar-refractivity contribution < 1.29 is 27.8 Å². The number of ether oxygens (including phenoxy) is 1. The van der Waals surface area contributed by atoms with E-state index in [9.17, 15) is 23.1 Å². The van der Waals surface area contributed by atoms with E-state index in [-0.39, 0.29) is 13.0 Å². The minimum Gasteiger partial charge on any atom is -0.444 e. The average molecular weight is 317 g/mol. The van der Waals surface area contributed by atoms with E-state index >= 15 is 0 Å². The molecule has 1 N–H and O–H groups in total. The van der Waals surface area contributed by atoms with Crippen molar-refractivity contribution in [3.05, 3.63) is 35.1 Å². The largest absolute Gasteiger partial charge is 0.444 e. The fraction of sp³-hybridized carbons (Fsp3) is 0.533. The number of aliphatic hydroxyl groups is 1. The number of hydrogen-bond donors (Lipinski definition) is 1. The molecular weight excluding hydrogens is 299 g/mol. The third kappa shape index (κ3) is 3.35. The monoisotopic (exact) mass is 317 g/mol. The van der Waals surface area contributed by atoms with Crippen LogP contribution < -0.4 is 0 Å². The molecule has 122 valence electrons. The second kappa shape index (κ2) is 5.79. The summed E-state index contributed by atoms with van der Waals surface area (Å²) in [6.45, 7) is 4.84. The van der Waals surface area contributed by atoms with Gasteiger partial charge in [0, 0.05) is 24.4 Å². The SMILES string of the molecule is CC(C)(C)OC(=O)N1C[C@@H](c2c(F)ccc(F)c2F)CC1O. The number of carbonyl (C=O) groups is 1. The summed E-state index contributed by atoms with van der Waals surface area (Å²) in [4.78, 5) is 13.0. The van der Waals surface area contributed by atoms with Crippen LogP contribution in [0, 0.1) is 17.5 Å². The summed E-state index contributed by atoms with van der Waals surface area (Å²) in [7, 11) is 0. The number of aliphatic hydroxyl groups excluding tert-OH is 1. The Hall–Kier alpha value is -1.76. The van der Waals surface area contributed by atoms with Crippen LogP contribution in [0.1, 0.15) is 38.7 Å². The molecule has 22 heavy (non-hydrogen) atoms. The Morgan fingerprint density at radius 1 is 1.27 bits per heavy atom. The lowest BCUT2D eigenvalue weighted by Gasteiger charge is -2.26. The van der Waals surface area contributed by atoms with Gasteiger partial charge in [0.2, 0.25) is 0 Å². The van der Waals surface area contributed by atoms with Gasteiger partial charge < -0.3 is 9.84 Å². The molecule has 0 spiro atoms. The lowest BCUT2D eigenvalue weighted by molar-refractivity contribution is -0.0128. The quantitative estimate of drug-likeness (QED) is 0.810. The van der Waals surface area contributed by atoms with E-state index in [2.05, 4.69) is 0 Å². The van der Waals surface area contributed by atoms with Crippen molar-refractivity contribution in [2.24, 2.45) is 0 Å². The van der Waals surface area contributed by atoms with Gasteiger partial charge in [-0.25, -0.2) is 18.0 Å². The van der Waals surface area contributed by atoms with Crippen LogP contribution in [0.25, 0.3) is 0 Å². The van der Waals surface area contributed by atoms with E-state index in [0.717, 1.165) is 11.0 Å². The molecule has 0 aromatic heterocycles. The summed E-state index contributed by atoms with van der Waals surface area (Å²) in [5, 5.41) is 9.93. The number of amides is 1. The van der Waals surface area contributed by atoms with Crippen molar-refractivity contribution in [1.82, 2.24) is 4.90 Å². The van der Waals surface area contributed by atoms with E-state index in [1.807, 2.05) is 0 Å². The van der Waals surface area contributed by atoms with Gasteiger partial charge in [-0.1, -0.05) is 0 Å². The third-order valence-corrected chi connectivity index (χ3v) is 3.39. The molecule has 1 aliphatic heterocycles. The first-order chi connectivity index (χ1) is 10.1. The number of likely N-dealkylation sites (tertiary alicyclic amines) is 1. The summed E-state index contributed by atoms with van der Waals surface area (Å²) < 4.78 is 46.0. The van der Waals surface area contributed by atoms with Crippen molar-refractivity contribution in [3.63, 3.8) is 0 Å². The van der Waals surface area contributed by atoms with Gasteiger partial charge in [0.25, 0.3) is 0 Å². The fourth-order valence-electron chi connectivity index (χ4n) is 2.46. The Balaban J connectivity index is 2.21. The third-order valence-electron chi connectivity index (χ3n) is 3.39. The summed E-state index contributed by atoms with van der Waals surface area (Å²) in [6, 6.07) is 1.53. The zero-order chi connectivity index (χ0) is 16.7. The van der Waals surface area contributed by atoms with Gasteiger partial charge >= 0.3 is 6.09 Å². The number of halogens is 3. The summed E-state index contributed by atoms with van der Waals surface area (Å²) in [5.74, 6) is -4.19. The Morgan fingerprint density at radius 3 is 2.45 bits per heavy atom. The maximum atomic E-state index is 13.8. The normalized spacial score (nSPS) is 22.0. The van der Waals surface area contributed by atoms with Crippen molar-refractivity contribution in [1.29, 1.82) is 0 Å². The van der Waals surface area contributed by atoms with Crippen LogP contribution in [-0.2, 0) is 4.74 Å². The van der Waals surface area contributed by atoms with Crippen molar-refractivity contribution >= 4 is 6.09 Å². The Morgan fingerprint density at radius 2 is 1.86 bits per heavy atom. The first-order valence-electron chi connectivity index (χ1n) is 6.91. The smallest absolute Gasteiger partial charge is 0.412 e. The Bertz CT molecular complexity index is 586. The fourth-order valence-corrected chi connectivity index (χ4v) is 2.46. The van der Waals surface area contributed by atoms with Gasteiger partial charge in [-0.3, -0.25) is 4.90 Å². The second-order valence-corrected chi connectivity index (χ2v) is 6.30. The first kappa shape index (κ1) is 16.6. The molecule has 2 rings (SSSR count). The van der Waals surface area contributed by atoms with E-state index < -0.39 is 46.9 Å². The zero-order valence-corrected chi connectivity index (χ0v) is 12.6. The predicted molar refractivity (Wildman–Crippen MR) is 72.6 cm³/mol. The number of rotatable bonds is 1. The zero-order valence-electron chi connectivity index (χ0n) is 12.6. The highest BCUT2D eigenvalue weighted by atomic mass is 19.2. The van der Waals surface area contributed by atoms with Crippen LogP contribution in [0.5, 0.6) is 0 Å². The predicted octanol–water partition coefficient (Wildman–Crippen LogP) is 3.15. The lowest BCUT2D eigenvalue weighted by atomic mass is 9.96. The Kier molecular flexibility index (Phi) is 4.37. The molecule has 1 amide bonds. The number of hydrogen-bond acceptors (Lipinski definition) is 3.